The van der Waals surface area contributed by atoms with Crippen molar-refractivity contribution in [2.45, 2.75) is 26.3 Å². The number of hydrogen-bond donors (Lipinski definition) is 2. The average molecular weight is 448 g/mol. The van der Waals surface area contributed by atoms with Crippen molar-refractivity contribution >= 4 is 29.9 Å². The molecule has 0 aliphatic rings. The second-order valence-corrected chi connectivity index (χ2v) is 5.70. The Hall–Kier alpha value is -2.07. The van der Waals surface area contributed by atoms with Crippen LogP contribution in [0.1, 0.15) is 36.5 Å². The maximum absolute atomic E-state index is 8.97. The van der Waals surface area contributed by atoms with E-state index in [2.05, 4.69) is 52.9 Å². The molecule has 0 aliphatic heterocycles. The Morgan fingerprint density at radius 3 is 2.56 bits per heavy atom. The topological polar surface area (TPSA) is 60.2 Å². The first kappa shape index (κ1) is 21.0. The lowest BCUT2D eigenvalue weighted by atomic mass is 10.0. The molecule has 2 aromatic carbocycles. The van der Waals surface area contributed by atoms with E-state index in [0.717, 1.165) is 24.6 Å². The largest absolute Gasteiger partial charge is 0.357 e. The fourth-order valence-corrected chi connectivity index (χ4v) is 2.40. The van der Waals surface area contributed by atoms with Crippen molar-refractivity contribution < 1.29 is 0 Å². The molecule has 0 spiro atoms. The summed E-state index contributed by atoms with van der Waals surface area (Å²) in [4.78, 5) is 4.61. The van der Waals surface area contributed by atoms with E-state index in [4.69, 9.17) is 5.26 Å². The summed E-state index contributed by atoms with van der Waals surface area (Å²) in [5, 5.41) is 15.6. The van der Waals surface area contributed by atoms with Crippen LogP contribution in [0.15, 0.2) is 59.6 Å². The SMILES string of the molecule is CCNC(=NCc1cccc(C#N)c1)NCC(C)c1ccccc1.I. The molecule has 0 heterocycles. The van der Waals surface area contributed by atoms with Crippen LogP contribution in [0.3, 0.4) is 0 Å². The van der Waals surface area contributed by atoms with Gasteiger partial charge in [0.15, 0.2) is 5.96 Å². The standard InChI is InChI=1S/C20H24N4.HI/c1-3-22-20(23-14-16(2)19-10-5-4-6-11-19)24-15-18-9-7-8-17(12-18)13-21;/h4-12,16H,3,14-15H2,1-2H3,(H2,22,23,24);1H. The third-order valence-electron chi connectivity index (χ3n) is 3.76. The number of nitriles is 1. The van der Waals surface area contributed by atoms with E-state index in [1.54, 1.807) is 6.07 Å². The van der Waals surface area contributed by atoms with Crippen LogP contribution in [-0.2, 0) is 6.54 Å². The number of halogens is 1. The van der Waals surface area contributed by atoms with E-state index in [9.17, 15) is 0 Å². The molecule has 0 aromatic heterocycles. The number of hydrogen-bond acceptors (Lipinski definition) is 2. The molecule has 132 valence electrons. The zero-order valence-corrected chi connectivity index (χ0v) is 17.0. The minimum Gasteiger partial charge on any atom is -0.357 e. The predicted octanol–water partition coefficient (Wildman–Crippen LogP) is 4.04. The summed E-state index contributed by atoms with van der Waals surface area (Å²) in [5.41, 5.74) is 3.00. The zero-order valence-electron chi connectivity index (χ0n) is 14.7. The number of nitrogens with one attached hydrogen (secondary N) is 2. The van der Waals surface area contributed by atoms with Crippen LogP contribution < -0.4 is 10.6 Å². The van der Waals surface area contributed by atoms with Gasteiger partial charge in [0, 0.05) is 13.1 Å². The van der Waals surface area contributed by atoms with E-state index in [1.165, 1.54) is 5.56 Å². The Labute approximate surface area is 167 Å². The first-order valence-corrected chi connectivity index (χ1v) is 8.29. The Morgan fingerprint density at radius 2 is 1.88 bits per heavy atom. The highest BCUT2D eigenvalue weighted by atomic mass is 127. The minimum absolute atomic E-state index is 0. The van der Waals surface area contributed by atoms with Crippen molar-refractivity contribution in [3.8, 4) is 6.07 Å². The van der Waals surface area contributed by atoms with Crippen LogP contribution in [-0.4, -0.2) is 19.0 Å². The number of rotatable bonds is 6. The maximum Gasteiger partial charge on any atom is 0.191 e. The van der Waals surface area contributed by atoms with Gasteiger partial charge in [-0.15, -0.1) is 24.0 Å². The number of aliphatic imine (C=N–C) groups is 1. The third-order valence-corrected chi connectivity index (χ3v) is 3.76. The molecule has 5 heteroatoms. The van der Waals surface area contributed by atoms with E-state index in [-0.39, 0.29) is 24.0 Å². The van der Waals surface area contributed by atoms with Gasteiger partial charge in [0.2, 0.25) is 0 Å². The average Bonchev–Trinajstić information content (AvgIpc) is 2.64. The lowest BCUT2D eigenvalue weighted by molar-refractivity contribution is 0.699. The van der Waals surface area contributed by atoms with Crippen molar-refractivity contribution in [3.05, 3.63) is 71.3 Å². The molecule has 2 N–H and O–H groups in total. The molecule has 1 atom stereocenters. The lowest BCUT2D eigenvalue weighted by Crippen LogP contribution is -2.39. The van der Waals surface area contributed by atoms with E-state index in [0.29, 0.717) is 18.0 Å². The smallest absolute Gasteiger partial charge is 0.191 e. The third kappa shape index (κ3) is 7.14. The molecule has 0 fully saturated rings. The van der Waals surface area contributed by atoms with Gasteiger partial charge in [-0.2, -0.15) is 5.26 Å². The maximum atomic E-state index is 8.97. The second kappa shape index (κ2) is 11.5. The molecule has 4 nitrogen and oxygen atoms in total. The van der Waals surface area contributed by atoms with Crippen molar-refractivity contribution in [1.29, 1.82) is 5.26 Å². The van der Waals surface area contributed by atoms with Crippen LogP contribution >= 0.6 is 24.0 Å². The normalized spacial score (nSPS) is 11.8. The first-order chi connectivity index (χ1) is 11.7. The van der Waals surface area contributed by atoms with Crippen molar-refractivity contribution in [3.63, 3.8) is 0 Å². The van der Waals surface area contributed by atoms with Crippen molar-refractivity contribution in [2.75, 3.05) is 13.1 Å². The van der Waals surface area contributed by atoms with Gasteiger partial charge in [0.05, 0.1) is 18.2 Å². The lowest BCUT2D eigenvalue weighted by Gasteiger charge is -2.16. The van der Waals surface area contributed by atoms with Crippen LogP contribution in [0.4, 0.5) is 0 Å². The quantitative estimate of drug-likeness (QED) is 0.399. The Balaban J connectivity index is 0.00000312. The molecule has 1 unspecified atom stereocenters. The van der Waals surface area contributed by atoms with Gasteiger partial charge >= 0.3 is 0 Å². The summed E-state index contributed by atoms with van der Waals surface area (Å²) in [7, 11) is 0. The summed E-state index contributed by atoms with van der Waals surface area (Å²) in [5.74, 6) is 1.19. The van der Waals surface area contributed by atoms with Gasteiger partial charge in [-0.3, -0.25) is 0 Å². The summed E-state index contributed by atoms with van der Waals surface area (Å²) >= 11 is 0. The van der Waals surface area contributed by atoms with Crippen molar-refractivity contribution in [1.82, 2.24) is 10.6 Å². The predicted molar refractivity (Wildman–Crippen MR) is 114 cm³/mol. The Kier molecular flexibility index (Phi) is 9.63. The molecule has 25 heavy (non-hydrogen) atoms. The molecule has 0 radical (unpaired) electrons. The molecule has 0 saturated heterocycles. The molecule has 2 aromatic rings. The summed E-state index contributed by atoms with van der Waals surface area (Å²) in [6.07, 6.45) is 0. The highest BCUT2D eigenvalue weighted by Gasteiger charge is 2.06. The van der Waals surface area contributed by atoms with E-state index >= 15 is 0 Å². The number of guanidine groups is 1. The van der Waals surface area contributed by atoms with Crippen molar-refractivity contribution in [2.24, 2.45) is 4.99 Å². The van der Waals surface area contributed by atoms with Crippen LogP contribution in [0.5, 0.6) is 0 Å². The molecule has 0 saturated carbocycles. The Bertz CT molecular complexity index is 707. The molecule has 2 rings (SSSR count). The van der Waals surface area contributed by atoms with Gasteiger partial charge < -0.3 is 10.6 Å². The van der Waals surface area contributed by atoms with Gasteiger partial charge in [0.1, 0.15) is 0 Å². The summed E-state index contributed by atoms with van der Waals surface area (Å²) < 4.78 is 0. The monoisotopic (exact) mass is 448 g/mol. The van der Waals surface area contributed by atoms with Gasteiger partial charge in [-0.25, -0.2) is 4.99 Å². The van der Waals surface area contributed by atoms with Gasteiger partial charge in [-0.05, 0) is 36.1 Å². The molecule has 0 aliphatic carbocycles. The van der Waals surface area contributed by atoms with Crippen LogP contribution in [0.2, 0.25) is 0 Å². The molecular formula is C20H25IN4. The molecule has 0 bridgehead atoms. The highest BCUT2D eigenvalue weighted by molar-refractivity contribution is 14.0. The second-order valence-electron chi connectivity index (χ2n) is 5.70. The summed E-state index contributed by atoms with van der Waals surface area (Å²) in [6.45, 7) is 6.42. The zero-order chi connectivity index (χ0) is 17.2. The summed E-state index contributed by atoms with van der Waals surface area (Å²) in [6, 6.07) is 20.2. The minimum atomic E-state index is 0. The van der Waals surface area contributed by atoms with E-state index < -0.39 is 0 Å². The molecular weight excluding hydrogens is 423 g/mol. The highest BCUT2D eigenvalue weighted by Crippen LogP contribution is 2.13. The number of benzene rings is 2. The van der Waals surface area contributed by atoms with Gasteiger partial charge in [-0.1, -0.05) is 49.4 Å². The Morgan fingerprint density at radius 1 is 1.12 bits per heavy atom. The van der Waals surface area contributed by atoms with Gasteiger partial charge in [0.25, 0.3) is 0 Å². The fourth-order valence-electron chi connectivity index (χ4n) is 2.40. The van der Waals surface area contributed by atoms with E-state index in [1.807, 2.05) is 31.2 Å². The van der Waals surface area contributed by atoms with Crippen LogP contribution in [0, 0.1) is 11.3 Å². The fraction of sp³-hybridized carbons (Fsp3) is 0.300. The molecule has 0 amide bonds. The van der Waals surface area contributed by atoms with Crippen LogP contribution in [0.25, 0.3) is 0 Å². The first-order valence-electron chi connectivity index (χ1n) is 8.29. The number of nitrogens with zero attached hydrogens (tertiary/aromatic N) is 2.